The van der Waals surface area contributed by atoms with E-state index in [2.05, 4.69) is 5.32 Å². The van der Waals surface area contributed by atoms with E-state index in [1.165, 1.54) is 19.1 Å². The van der Waals surface area contributed by atoms with Crippen molar-refractivity contribution in [3.63, 3.8) is 0 Å². The minimum absolute atomic E-state index is 0.172. The third kappa shape index (κ3) is 5.81. The van der Waals surface area contributed by atoms with Crippen LogP contribution in [0.5, 0.6) is 11.5 Å². The number of hydrogen-bond donors (Lipinski definition) is 1. The Morgan fingerprint density at radius 3 is 2.24 bits per heavy atom. The maximum atomic E-state index is 13.2. The van der Waals surface area contributed by atoms with E-state index in [-0.39, 0.29) is 25.5 Å². The summed E-state index contributed by atoms with van der Waals surface area (Å²) in [6.07, 6.45) is 0.731. The lowest BCUT2D eigenvalue weighted by molar-refractivity contribution is -0.124. The lowest BCUT2D eigenvalue weighted by Gasteiger charge is -2.21. The maximum absolute atomic E-state index is 13.2. The molecule has 1 atom stereocenters. The highest BCUT2D eigenvalue weighted by Crippen LogP contribution is 2.28. The predicted molar refractivity (Wildman–Crippen MR) is 124 cm³/mol. The van der Waals surface area contributed by atoms with E-state index in [1.54, 1.807) is 48.5 Å². The summed E-state index contributed by atoms with van der Waals surface area (Å²) in [4.78, 5) is 41.4. The molecule has 1 fully saturated rings. The van der Waals surface area contributed by atoms with Crippen molar-refractivity contribution < 1.29 is 28.6 Å². The van der Waals surface area contributed by atoms with Gasteiger partial charge < -0.3 is 24.4 Å². The van der Waals surface area contributed by atoms with Crippen molar-refractivity contribution in [1.82, 2.24) is 4.90 Å². The molecular weight excluding hydrogens is 426 g/mol. The van der Waals surface area contributed by atoms with Crippen LogP contribution < -0.4 is 19.7 Å². The van der Waals surface area contributed by atoms with Crippen LogP contribution in [0.2, 0.25) is 0 Å². The Hall–Kier alpha value is -3.59. The number of ether oxygens (including phenoxy) is 3. The number of methoxy groups -OCH3 is 2. The second-order valence-corrected chi connectivity index (χ2v) is 7.48. The molecule has 176 valence electrons. The number of amides is 4. The van der Waals surface area contributed by atoms with Crippen LogP contribution in [0.25, 0.3) is 0 Å². The van der Waals surface area contributed by atoms with Gasteiger partial charge in [-0.15, -0.1) is 0 Å². The van der Waals surface area contributed by atoms with Gasteiger partial charge in [-0.05, 0) is 55.0 Å². The lowest BCUT2D eigenvalue weighted by atomic mass is 10.1. The second kappa shape index (κ2) is 11.3. The first-order chi connectivity index (χ1) is 16.0. The molecule has 1 saturated heterocycles. The Bertz CT molecular complexity index is 961. The summed E-state index contributed by atoms with van der Waals surface area (Å²) < 4.78 is 15.8. The monoisotopic (exact) mass is 455 g/mol. The Morgan fingerprint density at radius 2 is 1.64 bits per heavy atom. The highest BCUT2D eigenvalue weighted by molar-refractivity contribution is 6.22. The van der Waals surface area contributed by atoms with Crippen molar-refractivity contribution in [2.75, 3.05) is 44.2 Å². The number of benzene rings is 2. The van der Waals surface area contributed by atoms with Crippen molar-refractivity contribution in [2.24, 2.45) is 0 Å². The largest absolute Gasteiger partial charge is 0.497 e. The minimum Gasteiger partial charge on any atom is -0.497 e. The van der Waals surface area contributed by atoms with Crippen LogP contribution in [0.1, 0.15) is 19.8 Å². The summed E-state index contributed by atoms with van der Waals surface area (Å²) in [6.45, 7) is 3.07. The first kappa shape index (κ1) is 24.1. The zero-order valence-corrected chi connectivity index (χ0v) is 19.1. The van der Waals surface area contributed by atoms with Gasteiger partial charge in [0.25, 0.3) is 5.91 Å². The van der Waals surface area contributed by atoms with E-state index in [9.17, 15) is 14.4 Å². The molecule has 0 spiro atoms. The predicted octanol–water partition coefficient (Wildman–Crippen LogP) is 3.30. The molecule has 0 radical (unpaired) electrons. The zero-order chi connectivity index (χ0) is 23.8. The molecule has 4 amide bonds. The molecule has 1 aliphatic rings. The molecule has 2 aromatic rings. The first-order valence-electron chi connectivity index (χ1n) is 10.8. The van der Waals surface area contributed by atoms with Crippen LogP contribution in [0.4, 0.5) is 16.2 Å². The molecule has 0 saturated carbocycles. The number of carbonyl (C=O) groups excluding carboxylic acids is 3. The number of rotatable bonds is 11. The molecule has 1 heterocycles. The summed E-state index contributed by atoms with van der Waals surface area (Å²) in [5, 5.41) is 2.78. The Balaban J connectivity index is 1.72. The van der Waals surface area contributed by atoms with Gasteiger partial charge in [-0.1, -0.05) is 6.92 Å². The molecule has 0 aromatic heterocycles. The van der Waals surface area contributed by atoms with Crippen molar-refractivity contribution in [3.05, 3.63) is 48.5 Å². The molecule has 3 rings (SSSR count). The summed E-state index contributed by atoms with van der Waals surface area (Å²) in [7, 11) is 3.05. The van der Waals surface area contributed by atoms with E-state index in [0.717, 1.165) is 11.3 Å². The van der Waals surface area contributed by atoms with Crippen LogP contribution in [0, 0.1) is 0 Å². The minimum atomic E-state index is -0.929. The Morgan fingerprint density at radius 1 is 0.970 bits per heavy atom. The molecule has 0 aliphatic carbocycles. The van der Waals surface area contributed by atoms with E-state index in [4.69, 9.17) is 14.2 Å². The van der Waals surface area contributed by atoms with Crippen molar-refractivity contribution in [3.8, 4) is 11.5 Å². The molecule has 9 nitrogen and oxygen atoms in total. The molecular formula is C24H29N3O6. The van der Waals surface area contributed by atoms with Gasteiger partial charge in [0.1, 0.15) is 17.5 Å². The lowest BCUT2D eigenvalue weighted by Crippen LogP contribution is -2.39. The highest BCUT2D eigenvalue weighted by atomic mass is 16.5. The van der Waals surface area contributed by atoms with Crippen LogP contribution in [-0.2, 0) is 14.3 Å². The van der Waals surface area contributed by atoms with Crippen LogP contribution in [0.15, 0.2) is 48.5 Å². The summed E-state index contributed by atoms with van der Waals surface area (Å²) in [5.41, 5.74) is 0.995. The molecule has 33 heavy (non-hydrogen) atoms. The maximum Gasteiger partial charge on any atom is 0.332 e. The van der Waals surface area contributed by atoms with Crippen LogP contribution >= 0.6 is 0 Å². The number of urea groups is 1. The fourth-order valence-corrected chi connectivity index (χ4v) is 3.49. The highest BCUT2D eigenvalue weighted by Gasteiger charge is 2.46. The van der Waals surface area contributed by atoms with Crippen LogP contribution in [0.3, 0.4) is 0 Å². The fourth-order valence-electron chi connectivity index (χ4n) is 3.49. The van der Waals surface area contributed by atoms with Gasteiger partial charge in [-0.2, -0.15) is 0 Å². The molecule has 9 heteroatoms. The van der Waals surface area contributed by atoms with E-state index < -0.39 is 18.0 Å². The third-order valence-corrected chi connectivity index (χ3v) is 5.18. The molecule has 0 bridgehead atoms. The Kier molecular flexibility index (Phi) is 8.26. The average Bonchev–Trinajstić information content (AvgIpc) is 3.05. The number of hydrogen-bond acceptors (Lipinski definition) is 6. The van der Waals surface area contributed by atoms with E-state index >= 15 is 0 Å². The number of nitrogens with zero attached hydrogens (tertiary/aromatic N) is 2. The Labute approximate surface area is 193 Å². The van der Waals surface area contributed by atoms with Gasteiger partial charge in [-0.3, -0.25) is 9.59 Å². The molecule has 0 unspecified atom stereocenters. The van der Waals surface area contributed by atoms with Crippen LogP contribution in [-0.4, -0.2) is 62.8 Å². The summed E-state index contributed by atoms with van der Waals surface area (Å²) >= 11 is 0. The van der Waals surface area contributed by atoms with E-state index in [1.807, 2.05) is 6.92 Å². The first-order valence-corrected chi connectivity index (χ1v) is 10.8. The van der Waals surface area contributed by atoms with Gasteiger partial charge >= 0.3 is 6.03 Å². The number of carbonyl (C=O) groups is 3. The standard InChI is InChI=1S/C24H29N3O6/c1-4-14-33-20-9-5-17(6-10-20)25-22(28)16-21-23(29)27(24(30)26(21)13-15-31-2)18-7-11-19(32-3)12-8-18/h5-12,21H,4,13-16H2,1-3H3,(H,25,28)/t21-/m1/s1. The van der Waals surface area contributed by atoms with E-state index in [0.29, 0.717) is 29.5 Å². The SMILES string of the molecule is CCCOc1ccc(NC(=O)C[C@@H]2C(=O)N(c3ccc(OC)cc3)C(=O)N2CCOC)cc1. The van der Waals surface area contributed by atoms with Crippen molar-refractivity contribution in [1.29, 1.82) is 0 Å². The van der Waals surface area contributed by atoms with Crippen molar-refractivity contribution in [2.45, 2.75) is 25.8 Å². The second-order valence-electron chi connectivity index (χ2n) is 7.48. The molecule has 1 aliphatic heterocycles. The average molecular weight is 456 g/mol. The van der Waals surface area contributed by atoms with Gasteiger partial charge in [0.2, 0.25) is 5.91 Å². The summed E-state index contributed by atoms with van der Waals surface area (Å²) in [6, 6.07) is 12.2. The number of anilines is 2. The van der Waals surface area contributed by atoms with Crippen molar-refractivity contribution >= 4 is 29.2 Å². The number of imide groups is 1. The van der Waals surface area contributed by atoms with Gasteiger partial charge in [0, 0.05) is 19.3 Å². The van der Waals surface area contributed by atoms with Gasteiger partial charge in [0.15, 0.2) is 0 Å². The smallest absolute Gasteiger partial charge is 0.332 e. The summed E-state index contributed by atoms with van der Waals surface area (Å²) in [5.74, 6) is 0.491. The topological polar surface area (TPSA) is 97.4 Å². The molecule has 2 aromatic carbocycles. The zero-order valence-electron chi connectivity index (χ0n) is 19.1. The fraction of sp³-hybridized carbons (Fsp3) is 0.375. The normalized spacial score (nSPS) is 15.7. The third-order valence-electron chi connectivity index (χ3n) is 5.18. The van der Waals surface area contributed by atoms with Gasteiger partial charge in [0.05, 0.1) is 32.4 Å². The quantitative estimate of drug-likeness (QED) is 0.522. The molecule has 1 N–H and O–H groups in total. The van der Waals surface area contributed by atoms with Gasteiger partial charge in [-0.25, -0.2) is 9.69 Å². The number of nitrogens with one attached hydrogen (secondary N) is 1.